The monoisotopic (exact) mass is 308 g/mol. The minimum absolute atomic E-state index is 0.0446. The third kappa shape index (κ3) is 3.44. The highest BCUT2D eigenvalue weighted by atomic mass is 16.2. The first kappa shape index (κ1) is 17.6. The van der Waals surface area contributed by atoms with E-state index in [0.717, 1.165) is 25.3 Å². The summed E-state index contributed by atoms with van der Waals surface area (Å²) in [5.41, 5.74) is 0.638. The largest absolute Gasteiger partial charge is 0.338 e. The van der Waals surface area contributed by atoms with Crippen LogP contribution in [0, 0.1) is 16.7 Å². The first-order valence-electron chi connectivity index (χ1n) is 9.46. The van der Waals surface area contributed by atoms with Crippen LogP contribution in [0.1, 0.15) is 85.5 Å². The van der Waals surface area contributed by atoms with Gasteiger partial charge >= 0.3 is 6.03 Å². The van der Waals surface area contributed by atoms with E-state index in [-0.39, 0.29) is 11.4 Å². The molecule has 2 rings (SSSR count). The van der Waals surface area contributed by atoms with E-state index in [4.69, 9.17) is 0 Å². The van der Waals surface area contributed by atoms with Crippen molar-refractivity contribution in [2.24, 2.45) is 16.7 Å². The van der Waals surface area contributed by atoms with E-state index in [0.29, 0.717) is 11.5 Å². The van der Waals surface area contributed by atoms with Crippen molar-refractivity contribution in [3.8, 4) is 0 Å². The van der Waals surface area contributed by atoms with Crippen LogP contribution in [-0.2, 0) is 0 Å². The number of urea groups is 1. The normalized spacial score (nSPS) is 32.2. The molecule has 2 fully saturated rings. The lowest BCUT2D eigenvalue weighted by Gasteiger charge is -2.39. The van der Waals surface area contributed by atoms with E-state index in [2.05, 4.69) is 38.3 Å². The summed E-state index contributed by atoms with van der Waals surface area (Å²) in [7, 11) is 0. The van der Waals surface area contributed by atoms with Gasteiger partial charge in [0.05, 0.1) is 0 Å². The van der Waals surface area contributed by atoms with E-state index in [1.807, 2.05) is 0 Å². The minimum atomic E-state index is 0.0446. The smallest absolute Gasteiger partial charge is 0.315 e. The molecule has 2 amide bonds. The molecule has 2 bridgehead atoms. The molecular formula is C19H36N2O. The molecule has 2 N–H and O–H groups in total. The van der Waals surface area contributed by atoms with Gasteiger partial charge in [-0.25, -0.2) is 4.79 Å². The standard InChI is InChI=1S/C19H36N2O/c1-5-6-7-8-9-10-13-20-17(22)21-16-14-15-11-12-19(16,4)18(15,2)3/h15-16H,5-14H2,1-4H3,(H2,20,21,22). The topological polar surface area (TPSA) is 41.1 Å². The van der Waals surface area contributed by atoms with Crippen molar-refractivity contribution in [3.63, 3.8) is 0 Å². The predicted molar refractivity (Wildman–Crippen MR) is 92.9 cm³/mol. The number of carbonyl (C=O) groups excluding carboxylic acids is 1. The zero-order chi connectivity index (χ0) is 16.2. The zero-order valence-electron chi connectivity index (χ0n) is 15.1. The van der Waals surface area contributed by atoms with Gasteiger partial charge in [-0.3, -0.25) is 0 Å². The molecule has 3 heteroatoms. The van der Waals surface area contributed by atoms with Gasteiger partial charge in [0.1, 0.15) is 0 Å². The summed E-state index contributed by atoms with van der Waals surface area (Å²) >= 11 is 0. The van der Waals surface area contributed by atoms with Crippen LogP contribution in [0.5, 0.6) is 0 Å². The number of unbranched alkanes of at least 4 members (excludes halogenated alkanes) is 5. The molecule has 0 radical (unpaired) electrons. The van der Waals surface area contributed by atoms with Gasteiger partial charge in [-0.15, -0.1) is 0 Å². The fraction of sp³-hybridized carbons (Fsp3) is 0.947. The molecule has 3 nitrogen and oxygen atoms in total. The number of carbonyl (C=O) groups is 1. The van der Waals surface area contributed by atoms with Gasteiger partial charge in [0.2, 0.25) is 0 Å². The SMILES string of the molecule is CCCCCCCCNC(=O)NC1CC2CCC1(C)C2(C)C. The van der Waals surface area contributed by atoms with Gasteiger partial charge in [0.15, 0.2) is 0 Å². The Hall–Kier alpha value is -0.730. The molecule has 2 aliphatic carbocycles. The molecule has 0 aromatic rings. The number of amides is 2. The predicted octanol–water partition coefficient (Wildman–Crippen LogP) is 4.86. The Morgan fingerprint density at radius 2 is 1.77 bits per heavy atom. The Bertz CT molecular complexity index is 380. The number of fused-ring (bicyclic) bond motifs is 2. The number of hydrogen-bond acceptors (Lipinski definition) is 1. The third-order valence-corrected chi connectivity index (χ3v) is 6.92. The van der Waals surface area contributed by atoms with Gasteiger partial charge in [-0.1, -0.05) is 59.8 Å². The molecule has 3 atom stereocenters. The maximum atomic E-state index is 12.1. The lowest BCUT2D eigenvalue weighted by atomic mass is 9.69. The van der Waals surface area contributed by atoms with Crippen LogP contribution < -0.4 is 10.6 Å². The maximum absolute atomic E-state index is 12.1. The lowest BCUT2D eigenvalue weighted by Crippen LogP contribution is -2.50. The molecule has 3 unspecified atom stereocenters. The molecule has 128 valence electrons. The van der Waals surface area contributed by atoms with Crippen molar-refractivity contribution in [1.82, 2.24) is 10.6 Å². The van der Waals surface area contributed by atoms with Crippen molar-refractivity contribution < 1.29 is 4.79 Å². The number of hydrogen-bond donors (Lipinski definition) is 2. The van der Waals surface area contributed by atoms with E-state index in [1.165, 1.54) is 44.9 Å². The highest BCUT2D eigenvalue weighted by Gasteiger charge is 2.61. The molecule has 2 aliphatic rings. The molecule has 0 aromatic heterocycles. The molecule has 0 saturated heterocycles. The van der Waals surface area contributed by atoms with Crippen molar-refractivity contribution in [2.75, 3.05) is 6.54 Å². The highest BCUT2D eigenvalue weighted by Crippen LogP contribution is 2.65. The fourth-order valence-electron chi connectivity index (χ4n) is 4.74. The average molecular weight is 309 g/mol. The van der Waals surface area contributed by atoms with E-state index in [1.54, 1.807) is 0 Å². The summed E-state index contributed by atoms with van der Waals surface area (Å²) < 4.78 is 0. The molecule has 2 saturated carbocycles. The van der Waals surface area contributed by atoms with E-state index < -0.39 is 0 Å². The van der Waals surface area contributed by atoms with Crippen molar-refractivity contribution in [2.45, 2.75) is 91.5 Å². The maximum Gasteiger partial charge on any atom is 0.315 e. The molecule has 0 spiro atoms. The van der Waals surface area contributed by atoms with Crippen LogP contribution in [0.25, 0.3) is 0 Å². The van der Waals surface area contributed by atoms with Gasteiger partial charge in [-0.05, 0) is 42.4 Å². The van der Waals surface area contributed by atoms with E-state index >= 15 is 0 Å². The number of nitrogens with one attached hydrogen (secondary N) is 2. The molecule has 0 heterocycles. The zero-order valence-corrected chi connectivity index (χ0v) is 15.1. The summed E-state index contributed by atoms with van der Waals surface area (Å²) in [4.78, 5) is 12.1. The van der Waals surface area contributed by atoms with Gasteiger partial charge in [-0.2, -0.15) is 0 Å². The van der Waals surface area contributed by atoms with Crippen LogP contribution in [0.2, 0.25) is 0 Å². The van der Waals surface area contributed by atoms with Crippen LogP contribution in [0.3, 0.4) is 0 Å². The van der Waals surface area contributed by atoms with Crippen molar-refractivity contribution in [3.05, 3.63) is 0 Å². The van der Waals surface area contributed by atoms with Gasteiger partial charge < -0.3 is 10.6 Å². The Labute approximate surface area is 137 Å². The van der Waals surface area contributed by atoms with Crippen LogP contribution in [-0.4, -0.2) is 18.6 Å². The van der Waals surface area contributed by atoms with Crippen molar-refractivity contribution >= 4 is 6.03 Å². The molecular weight excluding hydrogens is 272 g/mol. The first-order chi connectivity index (χ1) is 10.4. The second-order valence-corrected chi connectivity index (χ2v) is 8.33. The first-order valence-corrected chi connectivity index (χ1v) is 9.46. The van der Waals surface area contributed by atoms with Crippen LogP contribution in [0.4, 0.5) is 4.79 Å². The summed E-state index contributed by atoms with van der Waals surface area (Å²) in [6.07, 6.45) is 11.3. The Kier molecular flexibility index (Phi) is 5.79. The molecule has 0 aliphatic heterocycles. The Balaban J connectivity index is 1.64. The molecule has 0 aromatic carbocycles. The van der Waals surface area contributed by atoms with Crippen LogP contribution >= 0.6 is 0 Å². The summed E-state index contributed by atoms with van der Waals surface area (Å²) in [5.74, 6) is 0.779. The highest BCUT2D eigenvalue weighted by molar-refractivity contribution is 5.74. The summed E-state index contributed by atoms with van der Waals surface area (Å²) in [6.45, 7) is 10.2. The van der Waals surface area contributed by atoms with Crippen molar-refractivity contribution in [1.29, 1.82) is 0 Å². The summed E-state index contributed by atoms with van der Waals surface area (Å²) in [5, 5.41) is 6.32. The summed E-state index contributed by atoms with van der Waals surface area (Å²) in [6, 6.07) is 0.397. The lowest BCUT2D eigenvalue weighted by molar-refractivity contribution is 0.123. The number of rotatable bonds is 8. The van der Waals surface area contributed by atoms with Gasteiger partial charge in [0, 0.05) is 12.6 Å². The molecule has 22 heavy (non-hydrogen) atoms. The second-order valence-electron chi connectivity index (χ2n) is 8.33. The van der Waals surface area contributed by atoms with Crippen LogP contribution in [0.15, 0.2) is 0 Å². The quantitative estimate of drug-likeness (QED) is 0.618. The fourth-order valence-corrected chi connectivity index (χ4v) is 4.74. The Morgan fingerprint density at radius 3 is 2.36 bits per heavy atom. The minimum Gasteiger partial charge on any atom is -0.338 e. The van der Waals surface area contributed by atoms with Gasteiger partial charge in [0.25, 0.3) is 0 Å². The average Bonchev–Trinajstić information content (AvgIpc) is 2.79. The third-order valence-electron chi connectivity index (χ3n) is 6.92. The Morgan fingerprint density at radius 1 is 1.09 bits per heavy atom. The second kappa shape index (κ2) is 7.23. The van der Waals surface area contributed by atoms with E-state index in [9.17, 15) is 4.79 Å².